The number of carbonyl (C=O) groups is 1. The molecule has 1 amide bonds. The standard InChI is InChI=1S/C13H15BrN4O/c1-16-4-6-17(7-5-16)13(19)11-8-15-12-3-2-10(14)9-18(11)12/h2-3,8-9H,4-7H2,1H3. The van der Waals surface area contributed by atoms with Gasteiger partial charge in [-0.15, -0.1) is 0 Å². The predicted octanol–water partition coefficient (Wildman–Crippen LogP) is 1.48. The molecular formula is C13H15BrN4O. The summed E-state index contributed by atoms with van der Waals surface area (Å²) in [6, 6.07) is 3.82. The molecule has 6 heteroatoms. The van der Waals surface area contributed by atoms with Gasteiger partial charge in [-0.25, -0.2) is 4.98 Å². The van der Waals surface area contributed by atoms with Crippen LogP contribution in [-0.2, 0) is 0 Å². The third-order valence-corrected chi connectivity index (χ3v) is 3.95. The van der Waals surface area contributed by atoms with E-state index in [0.717, 1.165) is 36.3 Å². The molecule has 1 aliphatic heterocycles. The lowest BCUT2D eigenvalue weighted by atomic mass is 10.3. The SMILES string of the molecule is CN1CCN(C(=O)c2cnc3ccc(Br)cn23)CC1. The van der Waals surface area contributed by atoms with Crippen molar-refractivity contribution in [1.82, 2.24) is 19.2 Å². The van der Waals surface area contributed by atoms with Crippen LogP contribution >= 0.6 is 15.9 Å². The molecule has 3 rings (SSSR count). The Morgan fingerprint density at radius 2 is 2.00 bits per heavy atom. The molecule has 1 aliphatic rings. The first-order valence-electron chi connectivity index (χ1n) is 6.25. The summed E-state index contributed by atoms with van der Waals surface area (Å²) < 4.78 is 2.77. The van der Waals surface area contributed by atoms with Crippen molar-refractivity contribution in [1.29, 1.82) is 0 Å². The Morgan fingerprint density at radius 1 is 1.26 bits per heavy atom. The van der Waals surface area contributed by atoms with Gasteiger partial charge in [0.25, 0.3) is 5.91 Å². The Kier molecular flexibility index (Phi) is 3.28. The highest BCUT2D eigenvalue weighted by atomic mass is 79.9. The second kappa shape index (κ2) is 4.94. The van der Waals surface area contributed by atoms with Gasteiger partial charge in [-0.2, -0.15) is 0 Å². The molecule has 0 aliphatic carbocycles. The number of rotatable bonds is 1. The summed E-state index contributed by atoms with van der Waals surface area (Å²) in [6.45, 7) is 3.39. The van der Waals surface area contributed by atoms with Crippen LogP contribution in [0.4, 0.5) is 0 Å². The molecule has 0 spiro atoms. The zero-order valence-electron chi connectivity index (χ0n) is 10.7. The van der Waals surface area contributed by atoms with Gasteiger partial charge in [0.05, 0.1) is 6.20 Å². The van der Waals surface area contributed by atoms with Gasteiger partial charge >= 0.3 is 0 Å². The van der Waals surface area contributed by atoms with E-state index in [4.69, 9.17) is 0 Å². The third-order valence-electron chi connectivity index (χ3n) is 3.48. The number of fused-ring (bicyclic) bond motifs is 1. The molecular weight excluding hydrogens is 308 g/mol. The van der Waals surface area contributed by atoms with Crippen LogP contribution in [-0.4, -0.2) is 58.3 Å². The molecule has 0 bridgehead atoms. The summed E-state index contributed by atoms with van der Waals surface area (Å²) in [5.74, 6) is 0.0544. The maximum atomic E-state index is 12.5. The Hall–Kier alpha value is -1.40. The van der Waals surface area contributed by atoms with E-state index in [2.05, 4.69) is 32.9 Å². The summed E-state index contributed by atoms with van der Waals surface area (Å²) >= 11 is 3.42. The number of hydrogen-bond acceptors (Lipinski definition) is 3. The molecule has 5 nitrogen and oxygen atoms in total. The maximum Gasteiger partial charge on any atom is 0.272 e. The average molecular weight is 323 g/mol. The average Bonchev–Trinajstić information content (AvgIpc) is 2.81. The van der Waals surface area contributed by atoms with Crippen LogP contribution in [0.3, 0.4) is 0 Å². The minimum Gasteiger partial charge on any atom is -0.335 e. The fourth-order valence-corrected chi connectivity index (χ4v) is 2.62. The molecule has 0 radical (unpaired) electrons. The molecule has 100 valence electrons. The first-order valence-corrected chi connectivity index (χ1v) is 7.05. The zero-order valence-corrected chi connectivity index (χ0v) is 12.3. The molecule has 2 aromatic heterocycles. The highest BCUT2D eigenvalue weighted by molar-refractivity contribution is 9.10. The zero-order chi connectivity index (χ0) is 13.4. The van der Waals surface area contributed by atoms with E-state index in [-0.39, 0.29) is 5.91 Å². The fraction of sp³-hybridized carbons (Fsp3) is 0.385. The molecule has 0 unspecified atom stereocenters. The second-order valence-electron chi connectivity index (χ2n) is 4.81. The Morgan fingerprint density at radius 3 is 2.74 bits per heavy atom. The van der Waals surface area contributed by atoms with E-state index in [9.17, 15) is 4.79 Å². The van der Waals surface area contributed by atoms with Crippen LogP contribution in [0.1, 0.15) is 10.5 Å². The molecule has 19 heavy (non-hydrogen) atoms. The number of likely N-dealkylation sites (N-methyl/N-ethyl adjacent to an activating group) is 1. The number of nitrogens with zero attached hydrogens (tertiary/aromatic N) is 4. The maximum absolute atomic E-state index is 12.5. The Bertz CT molecular complexity index is 616. The summed E-state index contributed by atoms with van der Waals surface area (Å²) in [4.78, 5) is 20.9. The topological polar surface area (TPSA) is 40.8 Å². The van der Waals surface area contributed by atoms with Crippen molar-refractivity contribution in [3.8, 4) is 0 Å². The number of amides is 1. The fourth-order valence-electron chi connectivity index (χ4n) is 2.28. The number of halogens is 1. The van der Waals surface area contributed by atoms with Crippen LogP contribution in [0.25, 0.3) is 5.65 Å². The number of imidazole rings is 1. The minimum atomic E-state index is 0.0544. The monoisotopic (exact) mass is 322 g/mol. The van der Waals surface area contributed by atoms with Crippen molar-refractivity contribution < 1.29 is 4.79 Å². The van der Waals surface area contributed by atoms with Gasteiger partial charge in [-0.05, 0) is 35.1 Å². The number of pyridine rings is 1. The van der Waals surface area contributed by atoms with E-state index in [0.29, 0.717) is 5.69 Å². The lowest BCUT2D eigenvalue weighted by Gasteiger charge is -2.32. The minimum absolute atomic E-state index is 0.0544. The largest absolute Gasteiger partial charge is 0.335 e. The smallest absolute Gasteiger partial charge is 0.272 e. The molecule has 1 fully saturated rings. The van der Waals surface area contributed by atoms with Crippen molar-refractivity contribution in [3.63, 3.8) is 0 Å². The second-order valence-corrected chi connectivity index (χ2v) is 5.73. The Balaban J connectivity index is 1.91. The summed E-state index contributed by atoms with van der Waals surface area (Å²) in [5.41, 5.74) is 1.42. The lowest BCUT2D eigenvalue weighted by molar-refractivity contribution is 0.0657. The van der Waals surface area contributed by atoms with Crippen LogP contribution in [0, 0.1) is 0 Å². The van der Waals surface area contributed by atoms with E-state index < -0.39 is 0 Å². The molecule has 3 heterocycles. The van der Waals surface area contributed by atoms with Crippen molar-refractivity contribution in [2.75, 3.05) is 33.2 Å². The van der Waals surface area contributed by atoms with Gasteiger partial charge in [-0.3, -0.25) is 9.20 Å². The molecule has 1 saturated heterocycles. The van der Waals surface area contributed by atoms with Crippen molar-refractivity contribution in [3.05, 3.63) is 34.7 Å². The third kappa shape index (κ3) is 2.37. The highest BCUT2D eigenvalue weighted by Crippen LogP contribution is 2.15. The van der Waals surface area contributed by atoms with Gasteiger partial charge in [-0.1, -0.05) is 0 Å². The summed E-state index contributed by atoms with van der Waals surface area (Å²) in [6.07, 6.45) is 3.54. The lowest BCUT2D eigenvalue weighted by Crippen LogP contribution is -2.47. The number of hydrogen-bond donors (Lipinski definition) is 0. The Labute approximate surface area is 120 Å². The van der Waals surface area contributed by atoms with Gasteiger partial charge in [0.1, 0.15) is 11.3 Å². The van der Waals surface area contributed by atoms with Crippen LogP contribution in [0.5, 0.6) is 0 Å². The van der Waals surface area contributed by atoms with E-state index in [1.165, 1.54) is 0 Å². The van der Waals surface area contributed by atoms with E-state index in [1.807, 2.05) is 27.6 Å². The van der Waals surface area contributed by atoms with Gasteiger partial charge in [0, 0.05) is 36.8 Å². The van der Waals surface area contributed by atoms with Crippen molar-refractivity contribution in [2.24, 2.45) is 0 Å². The molecule has 0 atom stereocenters. The van der Waals surface area contributed by atoms with Gasteiger partial charge in [0.15, 0.2) is 0 Å². The van der Waals surface area contributed by atoms with Crippen molar-refractivity contribution >= 4 is 27.5 Å². The first-order chi connectivity index (χ1) is 9.15. The van der Waals surface area contributed by atoms with Crippen LogP contribution in [0.2, 0.25) is 0 Å². The molecule has 0 N–H and O–H groups in total. The van der Waals surface area contributed by atoms with Crippen molar-refractivity contribution in [2.45, 2.75) is 0 Å². The van der Waals surface area contributed by atoms with Crippen LogP contribution < -0.4 is 0 Å². The first kappa shape index (κ1) is 12.6. The van der Waals surface area contributed by atoms with Crippen LogP contribution in [0.15, 0.2) is 29.0 Å². The van der Waals surface area contributed by atoms with Gasteiger partial charge in [0.2, 0.25) is 0 Å². The molecule has 2 aromatic rings. The summed E-state index contributed by atoms with van der Waals surface area (Å²) in [5, 5.41) is 0. The number of carbonyl (C=O) groups excluding carboxylic acids is 1. The predicted molar refractivity (Wildman–Crippen MR) is 76.3 cm³/mol. The molecule has 0 aromatic carbocycles. The summed E-state index contributed by atoms with van der Waals surface area (Å²) in [7, 11) is 2.08. The quantitative estimate of drug-likeness (QED) is 0.798. The molecule has 0 saturated carbocycles. The van der Waals surface area contributed by atoms with Gasteiger partial charge < -0.3 is 9.80 Å². The normalized spacial score (nSPS) is 17.1. The number of piperazine rings is 1. The van der Waals surface area contributed by atoms with E-state index >= 15 is 0 Å². The van der Waals surface area contributed by atoms with E-state index in [1.54, 1.807) is 6.20 Å². The highest BCUT2D eigenvalue weighted by Gasteiger charge is 2.22. The number of aromatic nitrogens is 2.